The first-order chi connectivity index (χ1) is 25.7. The third-order valence-electron chi connectivity index (χ3n) is 7.25. The number of nitrogens with one attached hydrogen (secondary N) is 3. The van der Waals surface area contributed by atoms with Crippen LogP contribution in [0.3, 0.4) is 0 Å². The first-order valence-electron chi connectivity index (χ1n) is 16.0. The van der Waals surface area contributed by atoms with Crippen LogP contribution in [0.5, 0.6) is 11.5 Å². The number of hydrogen-bond acceptors (Lipinski definition) is 10. The number of hydrogen-bond donors (Lipinski definition) is 4. The van der Waals surface area contributed by atoms with Gasteiger partial charge in [0.1, 0.15) is 15.9 Å². The average Bonchev–Trinajstić information content (AvgIpc) is 3.75. The van der Waals surface area contributed by atoms with E-state index >= 15 is 0 Å². The molecule has 0 aliphatic rings. The second-order valence-corrected chi connectivity index (χ2v) is 14.9. The summed E-state index contributed by atoms with van der Waals surface area (Å²) in [5.74, 6) is -3.71. The van der Waals surface area contributed by atoms with E-state index in [2.05, 4.69) is 25.9 Å². The predicted octanol–water partition coefficient (Wildman–Crippen LogP) is 9.18. The number of aromatic carboxylic acids is 1. The fourth-order valence-corrected chi connectivity index (χ4v) is 5.80. The summed E-state index contributed by atoms with van der Waals surface area (Å²) in [5, 5.41) is 18.8. The fourth-order valence-electron chi connectivity index (χ4n) is 4.31. The molecular formula is C36H33ClF5N5O6S2. The van der Waals surface area contributed by atoms with Crippen LogP contribution < -0.4 is 25.4 Å². The minimum Gasteiger partial charge on any atom is -0.478 e. The molecule has 11 nitrogen and oxygen atoms in total. The molecule has 19 heteroatoms. The zero-order valence-electron chi connectivity index (χ0n) is 29.4. The van der Waals surface area contributed by atoms with E-state index in [1.165, 1.54) is 37.6 Å². The second kappa shape index (κ2) is 17.9. The molecule has 5 aromatic rings. The number of carboxylic acid groups (broad SMARTS) is 1. The number of aromatic nitrogens is 2. The van der Waals surface area contributed by atoms with Gasteiger partial charge in [-0.05, 0) is 88.2 Å². The second-order valence-electron chi connectivity index (χ2n) is 12.4. The lowest BCUT2D eigenvalue weighted by atomic mass is 10.1. The molecule has 0 atom stereocenters. The Kier molecular flexibility index (Phi) is 13.8. The maximum absolute atomic E-state index is 13.6. The van der Waals surface area contributed by atoms with Crippen LogP contribution in [0.15, 0.2) is 78.3 Å². The topological polar surface area (TPSA) is 152 Å². The average molecular weight is 826 g/mol. The zero-order valence-corrected chi connectivity index (χ0v) is 31.8. The predicted molar refractivity (Wildman–Crippen MR) is 199 cm³/mol. The number of thiazole rings is 2. The number of nitrogens with zero attached hydrogens (tertiary/aromatic N) is 2. The Morgan fingerprint density at radius 1 is 0.855 bits per heavy atom. The molecular weight excluding hydrogens is 793 g/mol. The molecule has 2 amide bonds. The van der Waals surface area contributed by atoms with Crippen molar-refractivity contribution in [2.24, 2.45) is 0 Å². The number of amides is 2. The van der Waals surface area contributed by atoms with Gasteiger partial charge in [-0.3, -0.25) is 20.2 Å². The lowest BCUT2D eigenvalue weighted by Gasteiger charge is -2.24. The molecule has 0 radical (unpaired) electrons. The Labute approximate surface area is 324 Å². The van der Waals surface area contributed by atoms with Crippen molar-refractivity contribution in [3.63, 3.8) is 0 Å². The van der Waals surface area contributed by atoms with E-state index < -0.39 is 46.5 Å². The summed E-state index contributed by atoms with van der Waals surface area (Å²) in [6.07, 6.45) is -2.30. The summed E-state index contributed by atoms with van der Waals surface area (Å²) in [5.41, 5.74) is -1.86. The molecule has 0 unspecified atom stereocenters. The minimum absolute atomic E-state index is 0.0728. The van der Waals surface area contributed by atoms with Gasteiger partial charge in [-0.2, -0.15) is 13.2 Å². The van der Waals surface area contributed by atoms with Gasteiger partial charge in [-0.15, -0.1) is 11.3 Å². The Morgan fingerprint density at radius 3 is 2.02 bits per heavy atom. The first-order valence-corrected chi connectivity index (χ1v) is 18.1. The normalized spacial score (nSPS) is 11.5. The van der Waals surface area contributed by atoms with Crippen LogP contribution in [0.2, 0.25) is 4.34 Å². The van der Waals surface area contributed by atoms with E-state index in [-0.39, 0.29) is 22.5 Å². The quantitative estimate of drug-likeness (QED) is 0.0852. The molecule has 5 rings (SSSR count). The van der Waals surface area contributed by atoms with Crippen molar-refractivity contribution in [2.75, 3.05) is 22.5 Å². The molecule has 3 aromatic carbocycles. The van der Waals surface area contributed by atoms with E-state index in [0.717, 1.165) is 58.2 Å². The number of rotatable bonds is 13. The van der Waals surface area contributed by atoms with Gasteiger partial charge >= 0.3 is 12.1 Å². The van der Waals surface area contributed by atoms with Crippen LogP contribution >= 0.6 is 34.3 Å². The van der Waals surface area contributed by atoms with Gasteiger partial charge in [-0.25, -0.2) is 23.5 Å². The summed E-state index contributed by atoms with van der Waals surface area (Å²) in [4.78, 5) is 43.1. The molecule has 4 N–H and O–H groups in total. The van der Waals surface area contributed by atoms with Crippen LogP contribution in [0, 0.1) is 11.6 Å². The SMILES string of the molecule is CC(C)(Oc1ccc(F)cc1F)C(=O)Nc1nc(C(=O)O)cs1.CC(C)(Oc1ccc(NCCc2ccc(C(F)(F)F)cc2)cc1)C(=O)Nc1ncc(Cl)s1. The highest BCUT2D eigenvalue weighted by molar-refractivity contribution is 7.19. The molecule has 0 spiro atoms. The molecule has 292 valence electrons. The third kappa shape index (κ3) is 12.6. The fraction of sp³-hybridized carbons (Fsp3) is 0.250. The van der Waals surface area contributed by atoms with Gasteiger partial charge < -0.3 is 19.9 Å². The molecule has 2 heterocycles. The number of carbonyl (C=O) groups excluding carboxylic acids is 2. The molecule has 0 saturated carbocycles. The highest BCUT2D eigenvalue weighted by atomic mass is 35.5. The summed E-state index contributed by atoms with van der Waals surface area (Å²) >= 11 is 7.91. The minimum atomic E-state index is -4.33. The van der Waals surface area contributed by atoms with E-state index in [9.17, 15) is 36.3 Å². The molecule has 0 saturated heterocycles. The largest absolute Gasteiger partial charge is 0.478 e. The number of benzene rings is 3. The lowest BCUT2D eigenvalue weighted by molar-refractivity contribution is -0.137. The zero-order chi connectivity index (χ0) is 40.6. The van der Waals surface area contributed by atoms with Crippen molar-refractivity contribution in [1.82, 2.24) is 9.97 Å². The van der Waals surface area contributed by atoms with Gasteiger partial charge in [0.25, 0.3) is 11.8 Å². The van der Waals surface area contributed by atoms with E-state index in [4.69, 9.17) is 26.2 Å². The number of carboxylic acids is 1. The highest BCUT2D eigenvalue weighted by Crippen LogP contribution is 2.30. The van der Waals surface area contributed by atoms with Crippen molar-refractivity contribution in [2.45, 2.75) is 51.5 Å². The third-order valence-corrected chi connectivity index (χ3v) is 9.03. The number of ether oxygens (including phenoxy) is 2. The van der Waals surface area contributed by atoms with Crippen molar-refractivity contribution >= 4 is 68.0 Å². The van der Waals surface area contributed by atoms with Crippen LogP contribution in [0.25, 0.3) is 0 Å². The smallest absolute Gasteiger partial charge is 0.416 e. The molecule has 0 aliphatic carbocycles. The monoisotopic (exact) mass is 825 g/mol. The van der Waals surface area contributed by atoms with Crippen LogP contribution in [-0.2, 0) is 22.2 Å². The Balaban J connectivity index is 0.000000258. The number of alkyl halides is 3. The Hall–Kier alpha value is -5.33. The lowest BCUT2D eigenvalue weighted by Crippen LogP contribution is -2.42. The van der Waals surface area contributed by atoms with Crippen molar-refractivity contribution in [3.05, 3.63) is 111 Å². The first kappa shape index (κ1) is 42.4. The van der Waals surface area contributed by atoms with Crippen LogP contribution in [-0.4, -0.2) is 50.6 Å². The maximum atomic E-state index is 13.6. The molecule has 55 heavy (non-hydrogen) atoms. The van der Waals surface area contributed by atoms with E-state index in [1.807, 2.05) is 0 Å². The van der Waals surface area contributed by atoms with Crippen molar-refractivity contribution in [3.8, 4) is 11.5 Å². The van der Waals surface area contributed by atoms with Gasteiger partial charge in [0, 0.05) is 23.7 Å². The van der Waals surface area contributed by atoms with Crippen LogP contribution in [0.4, 0.5) is 37.9 Å². The maximum Gasteiger partial charge on any atom is 0.416 e. The Bertz CT molecular complexity index is 2110. The Morgan fingerprint density at radius 2 is 1.47 bits per heavy atom. The van der Waals surface area contributed by atoms with Gasteiger partial charge in [0.15, 0.2) is 38.7 Å². The van der Waals surface area contributed by atoms with Crippen molar-refractivity contribution in [1.29, 1.82) is 0 Å². The van der Waals surface area contributed by atoms with Crippen LogP contribution in [0.1, 0.15) is 49.3 Å². The number of halogens is 6. The van der Waals surface area contributed by atoms with E-state index in [0.29, 0.717) is 34.2 Å². The molecule has 0 fully saturated rings. The molecule has 0 aliphatic heterocycles. The van der Waals surface area contributed by atoms with Gasteiger partial charge in [0.05, 0.1) is 11.8 Å². The number of anilines is 3. The standard InChI is InChI=1S/C22H21ClF3N3O2S.C14H12F2N2O4S/c1-21(2,19(30)29-20-28-13-18(23)32-20)31-17-9-7-16(8-10-17)27-12-11-14-3-5-15(6-4-14)22(24,25)26;1-14(2,22-10-4-3-7(15)5-8(10)16)12(21)18-13-17-9(6-23-13)11(19)20/h3-10,13,27H,11-12H2,1-2H3,(H,28,29,30);3-6H,1-2H3,(H,19,20)(H,17,18,21). The van der Waals surface area contributed by atoms with Crippen molar-refractivity contribution < 1.29 is 50.9 Å². The summed E-state index contributed by atoms with van der Waals surface area (Å²) in [6, 6.07) is 14.9. The number of carbonyl (C=O) groups is 3. The van der Waals surface area contributed by atoms with E-state index in [1.54, 1.807) is 38.1 Å². The summed E-state index contributed by atoms with van der Waals surface area (Å²) < 4.78 is 75.9. The van der Waals surface area contributed by atoms with Gasteiger partial charge in [-0.1, -0.05) is 35.1 Å². The highest BCUT2D eigenvalue weighted by Gasteiger charge is 2.33. The summed E-state index contributed by atoms with van der Waals surface area (Å²) in [6.45, 7) is 6.62. The summed E-state index contributed by atoms with van der Waals surface area (Å²) in [7, 11) is 0. The molecule has 2 aromatic heterocycles. The van der Waals surface area contributed by atoms with Gasteiger partial charge in [0.2, 0.25) is 0 Å². The molecule has 0 bridgehead atoms.